The van der Waals surface area contributed by atoms with Gasteiger partial charge in [0.25, 0.3) is 12.3 Å². The summed E-state index contributed by atoms with van der Waals surface area (Å²) in [5.74, 6) is 0.175. The number of anilines is 1. The van der Waals surface area contributed by atoms with Crippen LogP contribution in [0.4, 0.5) is 27.6 Å². The lowest BCUT2D eigenvalue weighted by Crippen LogP contribution is -2.21. The molecule has 0 spiro atoms. The van der Waals surface area contributed by atoms with Crippen molar-refractivity contribution in [3.05, 3.63) is 41.9 Å². The van der Waals surface area contributed by atoms with Crippen LogP contribution < -0.4 is 5.32 Å². The Hall–Kier alpha value is -3.05. The molecule has 0 unspecified atom stereocenters. The Morgan fingerprint density at radius 2 is 1.88 bits per heavy atom. The molecule has 4 rings (SSSR count). The molecule has 1 aliphatic rings. The maximum absolute atomic E-state index is 13.6. The van der Waals surface area contributed by atoms with Gasteiger partial charge in [-0.25, -0.2) is 18.7 Å². The molecule has 0 aliphatic heterocycles. The number of carbonyl (C=O) groups is 1. The first-order valence-electron chi connectivity index (χ1n) is 10.6. The summed E-state index contributed by atoms with van der Waals surface area (Å²) >= 11 is 0. The number of hydrogen-bond donors (Lipinski definition) is 1. The van der Waals surface area contributed by atoms with Gasteiger partial charge in [0.1, 0.15) is 12.0 Å². The van der Waals surface area contributed by atoms with Crippen LogP contribution in [0, 0.1) is 11.8 Å². The average Bonchev–Trinajstić information content (AvgIpc) is 3.37. The topological polar surface area (TPSA) is 77.1 Å². The van der Waals surface area contributed by atoms with Gasteiger partial charge in [-0.05, 0) is 43.6 Å². The molecule has 1 aliphatic carbocycles. The van der Waals surface area contributed by atoms with Crippen molar-refractivity contribution in [2.75, 3.05) is 5.32 Å². The fourth-order valence-corrected chi connectivity index (χ4v) is 4.26. The summed E-state index contributed by atoms with van der Waals surface area (Å²) in [6.45, 7) is 4.32. The number of imidazole rings is 1. The van der Waals surface area contributed by atoms with E-state index in [9.17, 15) is 26.7 Å². The van der Waals surface area contributed by atoms with E-state index in [1.165, 1.54) is 10.9 Å². The number of aromatic nitrogens is 5. The molecule has 178 valence electrons. The zero-order chi connectivity index (χ0) is 23.9. The van der Waals surface area contributed by atoms with Crippen LogP contribution in [0.3, 0.4) is 0 Å². The minimum atomic E-state index is -4.71. The van der Waals surface area contributed by atoms with Crippen molar-refractivity contribution in [1.29, 1.82) is 0 Å². The molecule has 3 aromatic rings. The van der Waals surface area contributed by atoms with Crippen LogP contribution in [0.1, 0.15) is 73.9 Å². The molecule has 3 aromatic heterocycles. The molecular formula is C21H23F5N6O. The first-order valence-corrected chi connectivity index (χ1v) is 10.6. The van der Waals surface area contributed by atoms with Crippen LogP contribution in [0.5, 0.6) is 0 Å². The molecule has 1 saturated carbocycles. The predicted molar refractivity (Wildman–Crippen MR) is 109 cm³/mol. The second kappa shape index (κ2) is 8.71. The third-order valence-electron chi connectivity index (χ3n) is 6.17. The van der Waals surface area contributed by atoms with Gasteiger partial charge in [0.05, 0.1) is 11.7 Å². The van der Waals surface area contributed by atoms with E-state index in [0.717, 1.165) is 48.7 Å². The van der Waals surface area contributed by atoms with Crippen molar-refractivity contribution in [3.8, 4) is 0 Å². The number of hydrogen-bond acceptors (Lipinski definition) is 4. The Kier molecular flexibility index (Phi) is 6.10. The molecule has 1 fully saturated rings. The van der Waals surface area contributed by atoms with Crippen molar-refractivity contribution in [3.63, 3.8) is 0 Å². The van der Waals surface area contributed by atoms with E-state index in [2.05, 4.69) is 34.2 Å². The minimum absolute atomic E-state index is 0.0624. The van der Waals surface area contributed by atoms with Gasteiger partial charge in [0.2, 0.25) is 0 Å². The van der Waals surface area contributed by atoms with Gasteiger partial charge >= 0.3 is 6.18 Å². The maximum atomic E-state index is 13.6. The van der Waals surface area contributed by atoms with Crippen molar-refractivity contribution in [2.45, 2.75) is 58.2 Å². The highest BCUT2D eigenvalue weighted by Crippen LogP contribution is 2.37. The third-order valence-corrected chi connectivity index (χ3v) is 6.17. The van der Waals surface area contributed by atoms with E-state index in [1.54, 1.807) is 0 Å². The van der Waals surface area contributed by atoms with Crippen LogP contribution in [-0.2, 0) is 6.18 Å². The summed E-state index contributed by atoms with van der Waals surface area (Å²) in [7, 11) is 0. The highest BCUT2D eigenvalue weighted by atomic mass is 19.4. The van der Waals surface area contributed by atoms with Gasteiger partial charge in [0, 0.05) is 12.4 Å². The summed E-state index contributed by atoms with van der Waals surface area (Å²) in [5.41, 5.74) is -2.73. The molecule has 7 nitrogen and oxygen atoms in total. The molecule has 0 aromatic carbocycles. The second-order valence-corrected chi connectivity index (χ2v) is 8.61. The largest absolute Gasteiger partial charge is 0.433 e. The predicted octanol–water partition coefficient (Wildman–Crippen LogP) is 5.52. The first kappa shape index (κ1) is 23.1. The number of nitrogens with zero attached hydrogens (tertiary/aromatic N) is 5. The van der Waals surface area contributed by atoms with E-state index < -0.39 is 35.6 Å². The summed E-state index contributed by atoms with van der Waals surface area (Å²) in [5, 5.41) is 6.34. The van der Waals surface area contributed by atoms with Crippen LogP contribution in [0.2, 0.25) is 0 Å². The van der Waals surface area contributed by atoms with Gasteiger partial charge < -0.3 is 5.32 Å². The van der Waals surface area contributed by atoms with Crippen molar-refractivity contribution in [2.24, 2.45) is 11.8 Å². The monoisotopic (exact) mass is 470 g/mol. The fourth-order valence-electron chi connectivity index (χ4n) is 4.26. The average molecular weight is 470 g/mol. The lowest BCUT2D eigenvalue weighted by atomic mass is 9.80. The van der Waals surface area contributed by atoms with Gasteiger partial charge in [-0.1, -0.05) is 13.8 Å². The Balaban J connectivity index is 1.58. The summed E-state index contributed by atoms with van der Waals surface area (Å²) in [4.78, 5) is 20.0. The summed E-state index contributed by atoms with van der Waals surface area (Å²) in [6.07, 6.45) is -0.601. The van der Waals surface area contributed by atoms with Gasteiger partial charge in [-0.2, -0.15) is 18.3 Å². The molecular weight excluding hydrogens is 447 g/mol. The number of fused-ring (bicyclic) bond motifs is 1. The van der Waals surface area contributed by atoms with Crippen LogP contribution >= 0.6 is 0 Å². The van der Waals surface area contributed by atoms with Gasteiger partial charge in [-0.3, -0.25) is 13.9 Å². The number of halogens is 5. The Labute approximate surface area is 186 Å². The Bertz CT molecular complexity index is 1140. The van der Waals surface area contributed by atoms with Gasteiger partial charge in [0.15, 0.2) is 17.0 Å². The highest BCUT2D eigenvalue weighted by molar-refractivity contribution is 6.07. The molecule has 1 amide bonds. The lowest BCUT2D eigenvalue weighted by molar-refractivity contribution is -0.141. The number of alkyl halides is 5. The first-order chi connectivity index (χ1) is 15.5. The molecule has 0 saturated heterocycles. The standard InChI is InChI=1S/C21H23F5N6O/c1-11(2)12-3-5-13(6-4-12)32-9-14(16(30-32)18(22)23)28-20(33)17-19-29-15(21(24,25)26)7-8-31(19)10-27-17/h7-13,18H,3-6H2,1-2H3,(H,28,33). The summed E-state index contributed by atoms with van der Waals surface area (Å²) < 4.78 is 68.9. The number of rotatable bonds is 5. The lowest BCUT2D eigenvalue weighted by Gasteiger charge is -2.30. The molecule has 0 radical (unpaired) electrons. The Morgan fingerprint density at radius 3 is 2.48 bits per heavy atom. The fraction of sp³-hybridized carbons (Fsp3) is 0.524. The molecule has 0 atom stereocenters. The normalized spacial score (nSPS) is 19.5. The molecule has 33 heavy (non-hydrogen) atoms. The van der Waals surface area contributed by atoms with Crippen molar-refractivity contribution in [1.82, 2.24) is 24.1 Å². The minimum Gasteiger partial charge on any atom is -0.317 e. The number of nitrogens with one attached hydrogen (secondary N) is 1. The van der Waals surface area contributed by atoms with Crippen molar-refractivity contribution >= 4 is 17.2 Å². The molecule has 0 bridgehead atoms. The van der Waals surface area contributed by atoms with E-state index in [0.29, 0.717) is 11.8 Å². The van der Waals surface area contributed by atoms with Crippen LogP contribution in [0.25, 0.3) is 5.65 Å². The smallest absolute Gasteiger partial charge is 0.317 e. The SMILES string of the molecule is CC(C)C1CCC(n2cc(NC(=O)c3ncn4ccc(C(F)(F)F)nc34)c(C(F)F)n2)CC1. The highest BCUT2D eigenvalue weighted by Gasteiger charge is 2.33. The van der Waals surface area contributed by atoms with Crippen LogP contribution in [-0.4, -0.2) is 30.1 Å². The van der Waals surface area contributed by atoms with E-state index in [1.807, 2.05) is 0 Å². The number of amides is 1. The van der Waals surface area contributed by atoms with Crippen molar-refractivity contribution < 1.29 is 26.7 Å². The second-order valence-electron chi connectivity index (χ2n) is 8.61. The van der Waals surface area contributed by atoms with E-state index in [4.69, 9.17) is 0 Å². The molecule has 1 N–H and O–H groups in total. The Morgan fingerprint density at radius 1 is 1.18 bits per heavy atom. The van der Waals surface area contributed by atoms with E-state index >= 15 is 0 Å². The molecule has 3 heterocycles. The zero-order valence-corrected chi connectivity index (χ0v) is 18.0. The number of carbonyl (C=O) groups excluding carboxylic acids is 1. The maximum Gasteiger partial charge on any atom is 0.433 e. The zero-order valence-electron chi connectivity index (χ0n) is 18.0. The van der Waals surface area contributed by atoms with E-state index in [-0.39, 0.29) is 17.4 Å². The third kappa shape index (κ3) is 4.69. The summed E-state index contributed by atoms with van der Waals surface area (Å²) in [6, 6.07) is 0.691. The van der Waals surface area contributed by atoms with Crippen LogP contribution in [0.15, 0.2) is 24.8 Å². The van der Waals surface area contributed by atoms with Gasteiger partial charge in [-0.15, -0.1) is 0 Å². The molecule has 12 heteroatoms. The quantitative estimate of drug-likeness (QED) is 0.498.